The lowest BCUT2D eigenvalue weighted by atomic mass is 9.99. The van der Waals surface area contributed by atoms with E-state index in [2.05, 4.69) is 21.8 Å². The molecule has 0 N–H and O–H groups in total. The number of rotatable bonds is 3. The first kappa shape index (κ1) is 12.9. The topological polar surface area (TPSA) is 45.0 Å². The van der Waals surface area contributed by atoms with Gasteiger partial charge >= 0.3 is 0 Å². The first-order valence-corrected chi connectivity index (χ1v) is 6.01. The van der Waals surface area contributed by atoms with Crippen LogP contribution in [-0.4, -0.2) is 43.5 Å². The van der Waals surface area contributed by atoms with Crippen molar-refractivity contribution in [1.29, 1.82) is 0 Å². The van der Waals surface area contributed by atoms with Gasteiger partial charge in [-0.25, -0.2) is 4.99 Å². The standard InChI is InChI=1S/C12H21N3O/c1-3-4-7-14-12(13-2)15-8-5-11(10-16)6-9-15/h7,10-11H,3-6,8-9H2,1-2H3/b13-12+,14-7-. The van der Waals surface area contributed by atoms with Crippen molar-refractivity contribution in [2.75, 3.05) is 20.1 Å². The van der Waals surface area contributed by atoms with Crippen LogP contribution < -0.4 is 0 Å². The van der Waals surface area contributed by atoms with Gasteiger partial charge in [0, 0.05) is 32.3 Å². The highest BCUT2D eigenvalue weighted by Gasteiger charge is 2.20. The number of aldehydes is 1. The minimum absolute atomic E-state index is 0.231. The molecule has 1 aliphatic heterocycles. The lowest BCUT2D eigenvalue weighted by molar-refractivity contribution is -0.112. The smallest absolute Gasteiger partial charge is 0.219 e. The van der Waals surface area contributed by atoms with Crippen molar-refractivity contribution in [3.05, 3.63) is 0 Å². The minimum Gasteiger partial charge on any atom is -0.341 e. The van der Waals surface area contributed by atoms with Gasteiger partial charge in [0.2, 0.25) is 5.96 Å². The van der Waals surface area contributed by atoms with E-state index in [4.69, 9.17) is 0 Å². The van der Waals surface area contributed by atoms with Gasteiger partial charge in [-0.2, -0.15) is 0 Å². The lowest BCUT2D eigenvalue weighted by Crippen LogP contribution is -2.38. The summed E-state index contributed by atoms with van der Waals surface area (Å²) in [5, 5.41) is 0. The van der Waals surface area contributed by atoms with E-state index >= 15 is 0 Å². The highest BCUT2D eigenvalue weighted by atomic mass is 16.1. The Morgan fingerprint density at radius 2 is 2.12 bits per heavy atom. The SMILES string of the molecule is CCC/C=N\C(=N/C)N1CCC(C=O)CC1. The summed E-state index contributed by atoms with van der Waals surface area (Å²) in [6.07, 6.45) is 6.93. The van der Waals surface area contributed by atoms with Crippen LogP contribution in [-0.2, 0) is 4.79 Å². The third kappa shape index (κ3) is 3.76. The first-order chi connectivity index (χ1) is 7.81. The number of nitrogens with zero attached hydrogens (tertiary/aromatic N) is 3. The molecule has 0 aromatic heterocycles. The molecule has 1 rings (SSSR count). The first-order valence-electron chi connectivity index (χ1n) is 6.01. The Morgan fingerprint density at radius 1 is 1.44 bits per heavy atom. The number of hydrogen-bond acceptors (Lipinski definition) is 2. The van der Waals surface area contributed by atoms with Crippen LogP contribution in [0.4, 0.5) is 0 Å². The predicted molar refractivity (Wildman–Crippen MR) is 67.1 cm³/mol. The molecule has 0 bridgehead atoms. The van der Waals surface area contributed by atoms with Crippen LogP contribution in [0.25, 0.3) is 0 Å². The largest absolute Gasteiger partial charge is 0.341 e. The number of aliphatic imine (C=N–C) groups is 2. The second-order valence-corrected chi connectivity index (χ2v) is 4.08. The van der Waals surface area contributed by atoms with Gasteiger partial charge in [-0.3, -0.25) is 4.99 Å². The summed E-state index contributed by atoms with van der Waals surface area (Å²) in [4.78, 5) is 21.4. The Labute approximate surface area is 97.5 Å². The monoisotopic (exact) mass is 223 g/mol. The molecule has 0 atom stereocenters. The van der Waals surface area contributed by atoms with E-state index in [0.29, 0.717) is 0 Å². The van der Waals surface area contributed by atoms with Gasteiger partial charge in [0.25, 0.3) is 0 Å². The molecule has 0 spiro atoms. The fourth-order valence-corrected chi connectivity index (χ4v) is 1.79. The van der Waals surface area contributed by atoms with Crippen LogP contribution >= 0.6 is 0 Å². The summed E-state index contributed by atoms with van der Waals surface area (Å²) in [5.74, 6) is 1.03. The molecule has 0 unspecified atom stereocenters. The quantitative estimate of drug-likeness (QED) is 0.416. The van der Waals surface area contributed by atoms with E-state index in [0.717, 1.165) is 51.0 Å². The fourth-order valence-electron chi connectivity index (χ4n) is 1.79. The molecule has 0 aliphatic carbocycles. The van der Waals surface area contributed by atoms with Crippen molar-refractivity contribution in [2.45, 2.75) is 32.6 Å². The zero-order chi connectivity index (χ0) is 11.8. The lowest BCUT2D eigenvalue weighted by Gasteiger charge is -2.30. The van der Waals surface area contributed by atoms with Gasteiger partial charge < -0.3 is 9.69 Å². The molecule has 1 saturated heterocycles. The molecule has 0 radical (unpaired) electrons. The molecule has 1 heterocycles. The average molecular weight is 223 g/mol. The summed E-state index contributed by atoms with van der Waals surface area (Å²) in [7, 11) is 1.77. The Morgan fingerprint density at radius 3 is 2.62 bits per heavy atom. The van der Waals surface area contributed by atoms with E-state index in [-0.39, 0.29) is 5.92 Å². The van der Waals surface area contributed by atoms with Crippen molar-refractivity contribution in [3.63, 3.8) is 0 Å². The maximum Gasteiger partial charge on any atom is 0.219 e. The molecular weight excluding hydrogens is 202 g/mol. The number of carbonyl (C=O) groups is 1. The molecule has 1 aliphatic rings. The van der Waals surface area contributed by atoms with Crippen LogP contribution in [0.15, 0.2) is 9.98 Å². The van der Waals surface area contributed by atoms with Gasteiger partial charge in [0.05, 0.1) is 0 Å². The molecular formula is C12H21N3O. The van der Waals surface area contributed by atoms with Crippen molar-refractivity contribution >= 4 is 18.5 Å². The highest BCUT2D eigenvalue weighted by Crippen LogP contribution is 2.15. The maximum atomic E-state index is 10.6. The molecule has 0 aromatic carbocycles. The average Bonchev–Trinajstić information content (AvgIpc) is 2.35. The summed E-state index contributed by atoms with van der Waals surface area (Å²) < 4.78 is 0. The fraction of sp³-hybridized carbons (Fsp3) is 0.750. The Kier molecular flexibility index (Phi) is 5.75. The Bertz CT molecular complexity index is 265. The van der Waals surface area contributed by atoms with E-state index in [1.54, 1.807) is 7.05 Å². The molecule has 0 aromatic rings. The number of likely N-dealkylation sites (tertiary alicyclic amines) is 1. The number of hydrogen-bond donors (Lipinski definition) is 0. The third-order valence-electron chi connectivity index (χ3n) is 2.84. The molecule has 1 fully saturated rings. The van der Waals surface area contributed by atoms with Crippen molar-refractivity contribution in [1.82, 2.24) is 4.90 Å². The zero-order valence-electron chi connectivity index (χ0n) is 10.2. The van der Waals surface area contributed by atoms with Gasteiger partial charge in [-0.15, -0.1) is 0 Å². The van der Waals surface area contributed by atoms with Crippen LogP contribution in [0.3, 0.4) is 0 Å². The van der Waals surface area contributed by atoms with Crippen molar-refractivity contribution in [3.8, 4) is 0 Å². The second-order valence-electron chi connectivity index (χ2n) is 4.08. The minimum atomic E-state index is 0.231. The van der Waals surface area contributed by atoms with Gasteiger partial charge in [-0.1, -0.05) is 13.3 Å². The molecule has 4 nitrogen and oxygen atoms in total. The van der Waals surface area contributed by atoms with Gasteiger partial charge in [0.15, 0.2) is 0 Å². The van der Waals surface area contributed by atoms with Crippen LogP contribution in [0, 0.1) is 5.92 Å². The third-order valence-corrected chi connectivity index (χ3v) is 2.84. The Balaban J connectivity index is 2.46. The second kappa shape index (κ2) is 7.14. The summed E-state index contributed by atoms with van der Waals surface area (Å²) >= 11 is 0. The maximum absolute atomic E-state index is 10.6. The number of unbranched alkanes of at least 4 members (excludes halogenated alkanes) is 1. The van der Waals surface area contributed by atoms with Crippen LogP contribution in [0.2, 0.25) is 0 Å². The Hall–Kier alpha value is -1.19. The van der Waals surface area contributed by atoms with E-state index in [1.807, 2.05) is 6.21 Å². The molecule has 4 heteroatoms. The van der Waals surface area contributed by atoms with E-state index < -0.39 is 0 Å². The van der Waals surface area contributed by atoms with Crippen LogP contribution in [0.1, 0.15) is 32.6 Å². The summed E-state index contributed by atoms with van der Waals surface area (Å²) in [6, 6.07) is 0. The number of piperidine rings is 1. The summed E-state index contributed by atoms with van der Waals surface area (Å²) in [5.41, 5.74) is 0. The predicted octanol–water partition coefficient (Wildman–Crippen LogP) is 1.75. The summed E-state index contributed by atoms with van der Waals surface area (Å²) in [6.45, 7) is 3.91. The van der Waals surface area contributed by atoms with Crippen molar-refractivity contribution < 1.29 is 4.79 Å². The molecule has 16 heavy (non-hydrogen) atoms. The van der Waals surface area contributed by atoms with E-state index in [1.165, 1.54) is 0 Å². The van der Waals surface area contributed by atoms with Crippen molar-refractivity contribution in [2.24, 2.45) is 15.9 Å². The molecule has 90 valence electrons. The molecule has 0 amide bonds. The highest BCUT2D eigenvalue weighted by molar-refractivity contribution is 5.87. The number of carbonyl (C=O) groups excluding carboxylic acids is 1. The zero-order valence-corrected chi connectivity index (χ0v) is 10.2. The molecule has 0 saturated carbocycles. The number of guanidine groups is 1. The van der Waals surface area contributed by atoms with Gasteiger partial charge in [0.1, 0.15) is 6.29 Å². The van der Waals surface area contributed by atoms with E-state index in [9.17, 15) is 4.79 Å². The normalized spacial score (nSPS) is 19.4. The van der Waals surface area contributed by atoms with Crippen LogP contribution in [0.5, 0.6) is 0 Å². The van der Waals surface area contributed by atoms with Gasteiger partial charge in [-0.05, 0) is 19.3 Å².